The first-order valence-electron chi connectivity index (χ1n) is 4.36. The molecule has 0 aromatic heterocycles. The average Bonchev–Trinajstić information content (AvgIpc) is 2.29. The monoisotopic (exact) mass is 280 g/mol. The number of carbonyl (C=O) groups is 2. The fourth-order valence-electron chi connectivity index (χ4n) is 1.13. The summed E-state index contributed by atoms with van der Waals surface area (Å²) in [6.07, 6.45) is 1.62. The van der Waals surface area contributed by atoms with E-state index in [1.54, 1.807) is 24.3 Å². The van der Waals surface area contributed by atoms with Crippen LogP contribution in [0.25, 0.3) is 0 Å². The Morgan fingerprint density at radius 1 is 1.38 bits per heavy atom. The molecule has 0 unspecified atom stereocenters. The number of benzene rings is 1. The van der Waals surface area contributed by atoms with Crippen LogP contribution in [0.4, 0.5) is 5.69 Å². The number of nitrogens with zero attached hydrogens (tertiary/aromatic N) is 1. The Bertz CT molecular complexity index is 437. The second-order valence-electron chi connectivity index (χ2n) is 2.84. The SMILES string of the molecule is C=CC(=O)N(C(=O)C=N)c1cccc(Br)c1. The first-order valence-corrected chi connectivity index (χ1v) is 5.16. The van der Waals surface area contributed by atoms with Gasteiger partial charge in [-0.2, -0.15) is 0 Å². The standard InChI is InChI=1S/C11H9BrN2O2/c1-2-10(15)14(11(16)7-13)9-5-3-4-8(12)6-9/h2-7,13H,1H2. The van der Waals surface area contributed by atoms with Crippen LogP contribution in [0.15, 0.2) is 41.4 Å². The molecule has 2 amide bonds. The van der Waals surface area contributed by atoms with Crippen LogP contribution < -0.4 is 4.90 Å². The van der Waals surface area contributed by atoms with E-state index in [9.17, 15) is 9.59 Å². The third-order valence-corrected chi connectivity index (χ3v) is 2.30. The maximum Gasteiger partial charge on any atom is 0.275 e. The van der Waals surface area contributed by atoms with Gasteiger partial charge < -0.3 is 5.41 Å². The van der Waals surface area contributed by atoms with Gasteiger partial charge in [-0.1, -0.05) is 28.6 Å². The number of carbonyl (C=O) groups excluding carboxylic acids is 2. The van der Waals surface area contributed by atoms with Crippen LogP contribution in [0.2, 0.25) is 0 Å². The second-order valence-corrected chi connectivity index (χ2v) is 3.76. The van der Waals surface area contributed by atoms with E-state index in [1.807, 2.05) is 0 Å². The molecule has 1 aromatic rings. The lowest BCUT2D eigenvalue weighted by atomic mass is 10.2. The molecule has 0 aliphatic carbocycles. The first-order chi connectivity index (χ1) is 7.60. The molecule has 0 fully saturated rings. The van der Waals surface area contributed by atoms with Gasteiger partial charge in [-0.25, -0.2) is 4.90 Å². The van der Waals surface area contributed by atoms with Crippen molar-refractivity contribution in [3.8, 4) is 0 Å². The molecule has 1 aromatic carbocycles. The third kappa shape index (κ3) is 2.64. The summed E-state index contributed by atoms with van der Waals surface area (Å²) in [5, 5.41) is 6.90. The summed E-state index contributed by atoms with van der Waals surface area (Å²) in [4.78, 5) is 23.8. The van der Waals surface area contributed by atoms with Crippen molar-refractivity contribution >= 4 is 39.6 Å². The van der Waals surface area contributed by atoms with Crippen molar-refractivity contribution in [1.29, 1.82) is 5.41 Å². The van der Waals surface area contributed by atoms with Crippen LogP contribution in [0.1, 0.15) is 0 Å². The molecule has 4 nitrogen and oxygen atoms in total. The van der Waals surface area contributed by atoms with E-state index < -0.39 is 11.8 Å². The molecule has 0 saturated carbocycles. The molecule has 0 atom stereocenters. The largest absolute Gasteiger partial charge is 0.303 e. The van der Waals surface area contributed by atoms with Crippen molar-refractivity contribution in [2.24, 2.45) is 0 Å². The Hall–Kier alpha value is -1.75. The fraction of sp³-hybridized carbons (Fsp3) is 0. The molecule has 0 radical (unpaired) electrons. The van der Waals surface area contributed by atoms with E-state index in [0.717, 1.165) is 15.4 Å². The Morgan fingerprint density at radius 2 is 2.06 bits per heavy atom. The number of hydrogen-bond donors (Lipinski definition) is 1. The Kier molecular flexibility index (Phi) is 4.13. The summed E-state index contributed by atoms with van der Waals surface area (Å²) < 4.78 is 0.740. The van der Waals surface area contributed by atoms with E-state index in [4.69, 9.17) is 5.41 Å². The molecule has 0 aliphatic heterocycles. The number of anilines is 1. The summed E-state index contributed by atoms with van der Waals surface area (Å²) in [6, 6.07) is 6.69. The summed E-state index contributed by atoms with van der Waals surface area (Å²) >= 11 is 3.24. The summed E-state index contributed by atoms with van der Waals surface area (Å²) in [5.74, 6) is -1.27. The molecule has 0 aliphatic rings. The molecule has 0 saturated heterocycles. The van der Waals surface area contributed by atoms with Crippen LogP contribution in [0.3, 0.4) is 0 Å². The van der Waals surface area contributed by atoms with Gasteiger partial charge in [0.1, 0.15) is 0 Å². The van der Waals surface area contributed by atoms with Gasteiger partial charge in [-0.15, -0.1) is 0 Å². The number of rotatable bonds is 3. The number of imide groups is 1. The van der Waals surface area contributed by atoms with Crippen LogP contribution >= 0.6 is 15.9 Å². The van der Waals surface area contributed by atoms with E-state index in [-0.39, 0.29) is 0 Å². The summed E-state index contributed by atoms with van der Waals surface area (Å²) in [5.41, 5.74) is 0.396. The predicted octanol–water partition coefficient (Wildman–Crippen LogP) is 2.14. The van der Waals surface area contributed by atoms with Crippen molar-refractivity contribution in [1.82, 2.24) is 0 Å². The Labute approximate surface area is 101 Å². The fourth-order valence-corrected chi connectivity index (χ4v) is 1.52. The quantitative estimate of drug-likeness (QED) is 0.681. The first kappa shape index (κ1) is 12.3. The zero-order chi connectivity index (χ0) is 12.1. The van der Waals surface area contributed by atoms with E-state index >= 15 is 0 Å². The predicted molar refractivity (Wildman–Crippen MR) is 65.6 cm³/mol. The maximum absolute atomic E-state index is 11.5. The van der Waals surface area contributed by atoms with E-state index in [1.165, 1.54) is 0 Å². The molecule has 0 bridgehead atoms. The van der Waals surface area contributed by atoms with Crippen molar-refractivity contribution in [3.05, 3.63) is 41.4 Å². The average molecular weight is 281 g/mol. The van der Waals surface area contributed by atoms with Crippen molar-refractivity contribution in [2.45, 2.75) is 0 Å². The topological polar surface area (TPSA) is 61.2 Å². The van der Waals surface area contributed by atoms with Gasteiger partial charge in [0.2, 0.25) is 0 Å². The molecular formula is C11H9BrN2O2. The van der Waals surface area contributed by atoms with Gasteiger partial charge in [-0.3, -0.25) is 9.59 Å². The molecule has 1 rings (SSSR count). The molecule has 0 heterocycles. The van der Waals surface area contributed by atoms with Crippen LogP contribution in [0.5, 0.6) is 0 Å². The van der Waals surface area contributed by atoms with Gasteiger partial charge in [-0.05, 0) is 24.3 Å². The minimum absolute atomic E-state index is 0.396. The highest BCUT2D eigenvalue weighted by atomic mass is 79.9. The molecule has 0 spiro atoms. The van der Waals surface area contributed by atoms with Gasteiger partial charge in [0.05, 0.1) is 11.9 Å². The Morgan fingerprint density at radius 3 is 2.56 bits per heavy atom. The maximum atomic E-state index is 11.5. The number of nitrogens with one attached hydrogen (secondary N) is 1. The minimum Gasteiger partial charge on any atom is -0.303 e. The van der Waals surface area contributed by atoms with Crippen molar-refractivity contribution in [2.75, 3.05) is 4.90 Å². The normalized spacial score (nSPS) is 9.31. The molecular weight excluding hydrogens is 272 g/mol. The van der Waals surface area contributed by atoms with Crippen molar-refractivity contribution < 1.29 is 9.59 Å². The lowest BCUT2D eigenvalue weighted by Crippen LogP contribution is -2.36. The Balaban J connectivity index is 3.20. The lowest BCUT2D eigenvalue weighted by molar-refractivity contribution is -0.120. The van der Waals surface area contributed by atoms with Crippen LogP contribution in [-0.2, 0) is 9.59 Å². The molecule has 16 heavy (non-hydrogen) atoms. The van der Waals surface area contributed by atoms with Gasteiger partial charge >= 0.3 is 0 Å². The molecule has 1 N–H and O–H groups in total. The highest BCUT2D eigenvalue weighted by molar-refractivity contribution is 9.10. The van der Waals surface area contributed by atoms with E-state index in [0.29, 0.717) is 11.9 Å². The van der Waals surface area contributed by atoms with Crippen LogP contribution in [-0.4, -0.2) is 18.0 Å². The zero-order valence-electron chi connectivity index (χ0n) is 8.31. The second kappa shape index (κ2) is 5.37. The van der Waals surface area contributed by atoms with Gasteiger partial charge in [0.15, 0.2) is 0 Å². The highest BCUT2D eigenvalue weighted by Gasteiger charge is 2.19. The smallest absolute Gasteiger partial charge is 0.275 e. The molecule has 82 valence electrons. The molecule has 5 heteroatoms. The third-order valence-electron chi connectivity index (χ3n) is 1.81. The lowest BCUT2D eigenvalue weighted by Gasteiger charge is -2.17. The number of amides is 2. The summed E-state index contributed by atoms with van der Waals surface area (Å²) in [7, 11) is 0. The van der Waals surface area contributed by atoms with Crippen LogP contribution in [0, 0.1) is 5.41 Å². The summed E-state index contributed by atoms with van der Waals surface area (Å²) in [6.45, 7) is 3.32. The van der Waals surface area contributed by atoms with Gasteiger partial charge in [0, 0.05) is 4.47 Å². The highest BCUT2D eigenvalue weighted by Crippen LogP contribution is 2.20. The van der Waals surface area contributed by atoms with Crippen molar-refractivity contribution in [3.63, 3.8) is 0 Å². The van der Waals surface area contributed by atoms with Gasteiger partial charge in [0.25, 0.3) is 11.8 Å². The number of halogens is 1. The van der Waals surface area contributed by atoms with E-state index in [2.05, 4.69) is 22.5 Å². The zero-order valence-corrected chi connectivity index (χ0v) is 9.90. The number of hydrogen-bond acceptors (Lipinski definition) is 3. The minimum atomic E-state index is -0.706.